The summed E-state index contributed by atoms with van der Waals surface area (Å²) in [6.07, 6.45) is 3.29. The van der Waals surface area contributed by atoms with E-state index in [0.29, 0.717) is 0 Å². The summed E-state index contributed by atoms with van der Waals surface area (Å²) >= 11 is 3.52. The Kier molecular flexibility index (Phi) is 2.24. The normalized spacial score (nSPS) is 14.1. The third-order valence-corrected chi connectivity index (χ3v) is 3.70. The predicted octanol–water partition coefficient (Wildman–Crippen LogP) is 2.71. The van der Waals surface area contributed by atoms with Gasteiger partial charge in [0.15, 0.2) is 0 Å². The van der Waals surface area contributed by atoms with Crippen LogP contribution in [0.5, 0.6) is 0 Å². The van der Waals surface area contributed by atoms with Crippen molar-refractivity contribution in [2.24, 2.45) is 0 Å². The minimum absolute atomic E-state index is 0.791. The molecule has 3 nitrogen and oxygen atoms in total. The van der Waals surface area contributed by atoms with E-state index in [9.17, 15) is 0 Å². The third kappa shape index (κ3) is 1.37. The first-order chi connectivity index (χ1) is 7.77. The monoisotopic (exact) mass is 277 g/mol. The van der Waals surface area contributed by atoms with E-state index in [4.69, 9.17) is 5.73 Å². The zero-order valence-electron chi connectivity index (χ0n) is 8.78. The molecule has 3 rings (SSSR count). The maximum Gasteiger partial charge on any atom is 0.130 e. The van der Waals surface area contributed by atoms with Gasteiger partial charge in [0.1, 0.15) is 5.82 Å². The highest BCUT2D eigenvalue weighted by atomic mass is 79.9. The minimum atomic E-state index is 0.791. The molecule has 0 atom stereocenters. The summed E-state index contributed by atoms with van der Waals surface area (Å²) in [7, 11) is 0. The van der Waals surface area contributed by atoms with Gasteiger partial charge in [-0.05, 0) is 47.3 Å². The number of nitrogens with zero attached hydrogens (tertiary/aromatic N) is 2. The van der Waals surface area contributed by atoms with Gasteiger partial charge in [0.2, 0.25) is 0 Å². The molecule has 0 saturated carbocycles. The molecule has 2 N–H and O–H groups in total. The summed E-state index contributed by atoms with van der Waals surface area (Å²) in [6, 6.07) is 8.00. The van der Waals surface area contributed by atoms with E-state index in [2.05, 4.69) is 21.0 Å². The molecule has 0 amide bonds. The van der Waals surface area contributed by atoms with E-state index >= 15 is 0 Å². The number of fused-ring (bicyclic) bond motifs is 1. The van der Waals surface area contributed by atoms with Crippen molar-refractivity contribution >= 4 is 21.7 Å². The molecule has 0 aliphatic heterocycles. The number of rotatable bonds is 1. The molecule has 0 bridgehead atoms. The Labute approximate surface area is 102 Å². The van der Waals surface area contributed by atoms with Crippen LogP contribution in [0.4, 0.5) is 5.82 Å². The van der Waals surface area contributed by atoms with E-state index in [-0.39, 0.29) is 0 Å². The van der Waals surface area contributed by atoms with Crippen LogP contribution in [0.15, 0.2) is 28.7 Å². The summed E-state index contributed by atoms with van der Waals surface area (Å²) in [5, 5.41) is 4.58. The molecule has 1 aromatic carbocycles. The number of nitrogens with two attached hydrogens (primary N) is 1. The maximum atomic E-state index is 6.14. The number of nitrogen functional groups attached to an aromatic ring is 1. The van der Waals surface area contributed by atoms with Crippen LogP contribution in [-0.2, 0) is 12.8 Å². The van der Waals surface area contributed by atoms with Crippen molar-refractivity contribution in [3.63, 3.8) is 0 Å². The first-order valence-corrected chi connectivity index (χ1v) is 6.18. The van der Waals surface area contributed by atoms with E-state index in [1.54, 1.807) is 0 Å². The van der Waals surface area contributed by atoms with E-state index < -0.39 is 0 Å². The molecule has 0 fully saturated rings. The van der Waals surface area contributed by atoms with Crippen molar-refractivity contribution < 1.29 is 0 Å². The predicted molar refractivity (Wildman–Crippen MR) is 67.7 cm³/mol. The number of aromatic nitrogens is 2. The van der Waals surface area contributed by atoms with Crippen LogP contribution in [0.2, 0.25) is 0 Å². The molecule has 0 unspecified atom stereocenters. The van der Waals surface area contributed by atoms with Crippen molar-refractivity contribution in [1.82, 2.24) is 9.78 Å². The molecule has 16 heavy (non-hydrogen) atoms. The first-order valence-electron chi connectivity index (χ1n) is 5.38. The van der Waals surface area contributed by atoms with Crippen molar-refractivity contribution in [3.8, 4) is 5.69 Å². The highest BCUT2D eigenvalue weighted by Gasteiger charge is 2.21. The average Bonchev–Trinajstić information content (AvgIpc) is 2.83. The van der Waals surface area contributed by atoms with Crippen LogP contribution in [0.1, 0.15) is 17.7 Å². The number of para-hydroxylation sites is 1. The number of halogens is 1. The number of hydrogen-bond acceptors (Lipinski definition) is 2. The lowest BCUT2D eigenvalue weighted by molar-refractivity contribution is 0.806. The van der Waals surface area contributed by atoms with Gasteiger partial charge in [-0.1, -0.05) is 12.1 Å². The second-order valence-electron chi connectivity index (χ2n) is 4.03. The second-order valence-corrected chi connectivity index (χ2v) is 4.88. The van der Waals surface area contributed by atoms with Gasteiger partial charge in [-0.3, -0.25) is 0 Å². The lowest BCUT2D eigenvalue weighted by Crippen LogP contribution is -2.04. The van der Waals surface area contributed by atoms with Crippen LogP contribution >= 0.6 is 15.9 Å². The van der Waals surface area contributed by atoms with Gasteiger partial charge in [-0.15, -0.1) is 0 Å². The van der Waals surface area contributed by atoms with Gasteiger partial charge >= 0.3 is 0 Å². The zero-order chi connectivity index (χ0) is 11.1. The Morgan fingerprint density at radius 3 is 2.81 bits per heavy atom. The van der Waals surface area contributed by atoms with Crippen LogP contribution in [-0.4, -0.2) is 9.78 Å². The Morgan fingerprint density at radius 1 is 1.25 bits per heavy atom. The van der Waals surface area contributed by atoms with Crippen molar-refractivity contribution in [3.05, 3.63) is 40.0 Å². The molecule has 0 spiro atoms. The number of benzene rings is 1. The highest BCUT2D eigenvalue weighted by molar-refractivity contribution is 9.10. The smallest absolute Gasteiger partial charge is 0.130 e. The second kappa shape index (κ2) is 3.63. The Balaban J connectivity index is 2.18. The van der Waals surface area contributed by atoms with E-state index in [1.165, 1.54) is 12.0 Å². The first kappa shape index (κ1) is 9.90. The molecule has 0 saturated heterocycles. The summed E-state index contributed by atoms with van der Waals surface area (Å²) in [6.45, 7) is 0. The quantitative estimate of drug-likeness (QED) is 0.871. The number of aryl methyl sites for hydroxylation is 1. The lowest BCUT2D eigenvalue weighted by atomic mass is 10.2. The summed E-state index contributed by atoms with van der Waals surface area (Å²) in [5.74, 6) is 0.791. The summed E-state index contributed by atoms with van der Waals surface area (Å²) < 4.78 is 2.86. The third-order valence-electron chi connectivity index (χ3n) is 3.03. The fraction of sp³-hybridized carbons (Fsp3) is 0.250. The molecule has 1 aromatic heterocycles. The molecular weight excluding hydrogens is 266 g/mol. The van der Waals surface area contributed by atoms with Gasteiger partial charge in [0.25, 0.3) is 0 Å². The highest BCUT2D eigenvalue weighted by Crippen LogP contribution is 2.30. The average molecular weight is 278 g/mol. The standard InChI is InChI=1S/C12H12BrN3/c13-9-5-1-2-7-11(9)16-12(14)8-4-3-6-10(8)15-16/h1-2,5,7H,3-4,6,14H2. The van der Waals surface area contributed by atoms with Gasteiger partial charge in [-0.2, -0.15) is 5.10 Å². The van der Waals surface area contributed by atoms with E-state index in [0.717, 1.165) is 34.5 Å². The fourth-order valence-electron chi connectivity index (χ4n) is 2.22. The van der Waals surface area contributed by atoms with Gasteiger partial charge in [0, 0.05) is 10.0 Å². The topological polar surface area (TPSA) is 43.8 Å². The molecule has 82 valence electrons. The molecule has 0 radical (unpaired) electrons. The fourth-order valence-corrected chi connectivity index (χ4v) is 2.68. The van der Waals surface area contributed by atoms with Crippen molar-refractivity contribution in [1.29, 1.82) is 0 Å². The molecule has 1 heterocycles. The number of anilines is 1. The SMILES string of the molecule is Nc1c2c(nn1-c1ccccc1Br)CCC2. The molecule has 4 heteroatoms. The molecule has 1 aliphatic rings. The lowest BCUT2D eigenvalue weighted by Gasteiger charge is -2.07. The Morgan fingerprint density at radius 2 is 2.06 bits per heavy atom. The zero-order valence-corrected chi connectivity index (χ0v) is 10.4. The summed E-state index contributed by atoms with van der Waals surface area (Å²) in [5.41, 5.74) is 9.54. The van der Waals surface area contributed by atoms with Crippen LogP contribution in [0.3, 0.4) is 0 Å². The largest absolute Gasteiger partial charge is 0.383 e. The maximum absolute atomic E-state index is 6.14. The molecule has 2 aromatic rings. The van der Waals surface area contributed by atoms with Gasteiger partial charge < -0.3 is 5.73 Å². The minimum Gasteiger partial charge on any atom is -0.383 e. The summed E-state index contributed by atoms with van der Waals surface area (Å²) in [4.78, 5) is 0. The van der Waals surface area contributed by atoms with Crippen LogP contribution < -0.4 is 5.73 Å². The number of hydrogen-bond donors (Lipinski definition) is 1. The Bertz CT molecular complexity index is 545. The van der Waals surface area contributed by atoms with Crippen molar-refractivity contribution in [2.45, 2.75) is 19.3 Å². The van der Waals surface area contributed by atoms with Crippen LogP contribution in [0, 0.1) is 0 Å². The molecular formula is C12H12BrN3. The Hall–Kier alpha value is -1.29. The van der Waals surface area contributed by atoms with Gasteiger partial charge in [0.05, 0.1) is 11.4 Å². The van der Waals surface area contributed by atoms with Crippen molar-refractivity contribution in [2.75, 3.05) is 5.73 Å². The van der Waals surface area contributed by atoms with E-state index in [1.807, 2.05) is 28.9 Å². The van der Waals surface area contributed by atoms with Crippen LogP contribution in [0.25, 0.3) is 5.69 Å². The molecule has 1 aliphatic carbocycles. The van der Waals surface area contributed by atoms with Gasteiger partial charge in [-0.25, -0.2) is 4.68 Å².